The SMILES string of the molecule is CCOC(=O)C(C/C(C#N)=C\c1ccccc1)C(=O)OCC. The van der Waals surface area contributed by atoms with Crippen LogP contribution in [-0.2, 0) is 19.1 Å². The molecule has 1 aromatic carbocycles. The summed E-state index contributed by atoms with van der Waals surface area (Å²) in [5.74, 6) is -2.46. The van der Waals surface area contributed by atoms with E-state index in [1.807, 2.05) is 36.4 Å². The normalized spacial score (nSPS) is 10.9. The Morgan fingerprint density at radius 2 is 1.68 bits per heavy atom. The third-order valence-electron chi connectivity index (χ3n) is 2.85. The second kappa shape index (κ2) is 9.35. The van der Waals surface area contributed by atoms with Crippen LogP contribution in [0.2, 0.25) is 0 Å². The zero-order chi connectivity index (χ0) is 16.4. The first kappa shape index (κ1) is 17.4. The largest absolute Gasteiger partial charge is 0.465 e. The molecule has 0 saturated carbocycles. The molecule has 0 aliphatic rings. The highest BCUT2D eigenvalue weighted by Crippen LogP contribution is 2.18. The number of carbonyl (C=O) groups excluding carboxylic acids is 2. The van der Waals surface area contributed by atoms with Crippen molar-refractivity contribution in [3.63, 3.8) is 0 Å². The molecular weight excluding hydrogens is 282 g/mol. The summed E-state index contributed by atoms with van der Waals surface area (Å²) in [5, 5.41) is 9.24. The van der Waals surface area contributed by atoms with Gasteiger partial charge in [-0.2, -0.15) is 5.26 Å². The van der Waals surface area contributed by atoms with Crippen LogP contribution in [0, 0.1) is 17.2 Å². The maximum absolute atomic E-state index is 11.9. The number of carbonyl (C=O) groups is 2. The van der Waals surface area contributed by atoms with E-state index in [0.29, 0.717) is 5.57 Å². The van der Waals surface area contributed by atoms with Gasteiger partial charge in [-0.25, -0.2) is 0 Å². The monoisotopic (exact) mass is 301 g/mol. The molecule has 0 aromatic heterocycles. The highest BCUT2D eigenvalue weighted by Gasteiger charge is 2.30. The summed E-state index contributed by atoms with van der Waals surface area (Å²) in [5.41, 5.74) is 1.14. The van der Waals surface area contributed by atoms with Gasteiger partial charge in [-0.05, 0) is 25.5 Å². The Balaban J connectivity index is 2.95. The number of ether oxygens (including phenoxy) is 2. The van der Waals surface area contributed by atoms with Crippen molar-refractivity contribution in [2.75, 3.05) is 13.2 Å². The molecule has 0 fully saturated rings. The number of allylic oxidation sites excluding steroid dienone is 1. The maximum Gasteiger partial charge on any atom is 0.320 e. The van der Waals surface area contributed by atoms with Crippen LogP contribution in [0.15, 0.2) is 35.9 Å². The molecule has 0 heterocycles. The van der Waals surface area contributed by atoms with Gasteiger partial charge in [0.15, 0.2) is 5.92 Å². The summed E-state index contributed by atoms with van der Waals surface area (Å²) in [6.45, 7) is 3.65. The first-order chi connectivity index (χ1) is 10.6. The van der Waals surface area contributed by atoms with Crippen LogP contribution in [0.25, 0.3) is 6.08 Å². The molecule has 22 heavy (non-hydrogen) atoms. The van der Waals surface area contributed by atoms with Gasteiger partial charge >= 0.3 is 11.9 Å². The van der Waals surface area contributed by atoms with Crippen LogP contribution < -0.4 is 0 Å². The Labute approximate surface area is 130 Å². The van der Waals surface area contributed by atoms with Crippen molar-refractivity contribution in [3.8, 4) is 6.07 Å². The van der Waals surface area contributed by atoms with Crippen LogP contribution >= 0.6 is 0 Å². The van der Waals surface area contributed by atoms with Crippen LogP contribution in [0.3, 0.4) is 0 Å². The smallest absolute Gasteiger partial charge is 0.320 e. The van der Waals surface area contributed by atoms with Crippen molar-refractivity contribution < 1.29 is 19.1 Å². The molecule has 0 amide bonds. The third-order valence-corrected chi connectivity index (χ3v) is 2.85. The number of hydrogen-bond donors (Lipinski definition) is 0. The van der Waals surface area contributed by atoms with Crippen molar-refractivity contribution in [2.45, 2.75) is 20.3 Å². The Morgan fingerprint density at radius 3 is 2.14 bits per heavy atom. The number of nitriles is 1. The molecular formula is C17H19NO4. The minimum absolute atomic E-state index is 0.0386. The van der Waals surface area contributed by atoms with Crippen molar-refractivity contribution in [1.29, 1.82) is 5.26 Å². The second-order valence-electron chi connectivity index (χ2n) is 4.45. The van der Waals surface area contributed by atoms with E-state index >= 15 is 0 Å². The number of benzene rings is 1. The fourth-order valence-electron chi connectivity index (χ4n) is 1.86. The van der Waals surface area contributed by atoms with Crippen LogP contribution in [0.1, 0.15) is 25.8 Å². The number of esters is 2. The summed E-state index contributed by atoms with van der Waals surface area (Å²) in [7, 11) is 0. The summed E-state index contributed by atoms with van der Waals surface area (Å²) >= 11 is 0. The second-order valence-corrected chi connectivity index (χ2v) is 4.45. The average molecular weight is 301 g/mol. The Morgan fingerprint density at radius 1 is 1.14 bits per heavy atom. The molecule has 0 unspecified atom stereocenters. The van der Waals surface area contributed by atoms with Crippen molar-refractivity contribution in [3.05, 3.63) is 41.5 Å². The lowest BCUT2D eigenvalue weighted by Crippen LogP contribution is -2.28. The van der Waals surface area contributed by atoms with E-state index in [4.69, 9.17) is 9.47 Å². The molecule has 1 aromatic rings. The minimum atomic E-state index is -1.12. The fraction of sp³-hybridized carbons (Fsp3) is 0.353. The first-order valence-corrected chi connectivity index (χ1v) is 7.11. The van der Waals surface area contributed by atoms with Crippen LogP contribution in [-0.4, -0.2) is 25.2 Å². The summed E-state index contributed by atoms with van der Waals surface area (Å²) < 4.78 is 9.78. The predicted molar refractivity (Wildman–Crippen MR) is 81.4 cm³/mol. The van der Waals surface area contributed by atoms with E-state index in [0.717, 1.165) is 5.56 Å². The zero-order valence-electron chi connectivity index (χ0n) is 12.7. The summed E-state index contributed by atoms with van der Waals surface area (Å²) in [6, 6.07) is 11.2. The molecule has 0 bridgehead atoms. The van der Waals surface area contributed by atoms with Gasteiger partial charge in [0.1, 0.15) is 0 Å². The highest BCUT2D eigenvalue weighted by atomic mass is 16.6. The number of hydrogen-bond acceptors (Lipinski definition) is 5. The van der Waals surface area contributed by atoms with E-state index in [-0.39, 0.29) is 19.6 Å². The highest BCUT2D eigenvalue weighted by molar-refractivity contribution is 5.95. The minimum Gasteiger partial charge on any atom is -0.465 e. The maximum atomic E-state index is 11.9. The van der Waals surface area contributed by atoms with Crippen LogP contribution in [0.4, 0.5) is 0 Å². The molecule has 0 atom stereocenters. The Hall–Kier alpha value is -2.61. The quantitative estimate of drug-likeness (QED) is 0.439. The van der Waals surface area contributed by atoms with Crippen molar-refractivity contribution in [1.82, 2.24) is 0 Å². The van der Waals surface area contributed by atoms with Gasteiger partial charge in [0.05, 0.1) is 19.3 Å². The van der Waals surface area contributed by atoms with Gasteiger partial charge in [-0.1, -0.05) is 30.3 Å². The number of rotatable bonds is 7. The van der Waals surface area contributed by atoms with Gasteiger partial charge in [0.2, 0.25) is 0 Å². The third kappa shape index (κ3) is 5.41. The van der Waals surface area contributed by atoms with E-state index in [9.17, 15) is 14.9 Å². The topological polar surface area (TPSA) is 76.4 Å². The molecule has 5 heteroatoms. The predicted octanol–water partition coefficient (Wildman–Crippen LogP) is 2.73. The zero-order valence-corrected chi connectivity index (χ0v) is 12.7. The lowest BCUT2D eigenvalue weighted by atomic mass is 9.98. The van der Waals surface area contributed by atoms with Crippen molar-refractivity contribution in [2.24, 2.45) is 5.92 Å². The lowest BCUT2D eigenvalue weighted by Gasteiger charge is -2.13. The van der Waals surface area contributed by atoms with Crippen LogP contribution in [0.5, 0.6) is 0 Å². The molecule has 0 radical (unpaired) electrons. The molecule has 0 N–H and O–H groups in total. The van der Waals surface area contributed by atoms with E-state index in [2.05, 4.69) is 0 Å². The van der Waals surface area contributed by atoms with Gasteiger partial charge in [-0.15, -0.1) is 0 Å². The molecule has 5 nitrogen and oxygen atoms in total. The molecule has 0 aliphatic carbocycles. The molecule has 116 valence electrons. The average Bonchev–Trinajstić information content (AvgIpc) is 2.52. The van der Waals surface area contributed by atoms with Gasteiger partial charge in [-0.3, -0.25) is 9.59 Å². The van der Waals surface area contributed by atoms with Gasteiger partial charge < -0.3 is 9.47 Å². The van der Waals surface area contributed by atoms with Crippen molar-refractivity contribution >= 4 is 18.0 Å². The summed E-state index contributed by atoms with van der Waals surface area (Å²) in [4.78, 5) is 23.8. The Kier molecular flexibility index (Phi) is 7.41. The molecule has 0 spiro atoms. The fourth-order valence-corrected chi connectivity index (χ4v) is 1.86. The Bertz CT molecular complexity index is 554. The summed E-state index contributed by atoms with van der Waals surface area (Å²) in [6.07, 6.45) is 1.61. The van der Waals surface area contributed by atoms with E-state index in [1.54, 1.807) is 19.9 Å². The molecule has 0 aliphatic heterocycles. The number of nitrogens with zero attached hydrogens (tertiary/aromatic N) is 1. The first-order valence-electron chi connectivity index (χ1n) is 7.11. The molecule has 1 rings (SSSR count). The van der Waals surface area contributed by atoms with E-state index in [1.165, 1.54) is 0 Å². The van der Waals surface area contributed by atoms with Gasteiger partial charge in [0.25, 0.3) is 0 Å². The lowest BCUT2D eigenvalue weighted by molar-refractivity contribution is -0.161. The standard InChI is InChI=1S/C17H19NO4/c1-3-21-16(19)15(17(20)22-4-2)11-14(12-18)10-13-8-6-5-7-9-13/h5-10,15H,3-4,11H2,1-2H3/b14-10+. The molecule has 0 saturated heterocycles. The van der Waals surface area contributed by atoms with E-state index < -0.39 is 17.9 Å². The van der Waals surface area contributed by atoms with Gasteiger partial charge in [0, 0.05) is 12.0 Å².